The Morgan fingerprint density at radius 2 is 1.95 bits per heavy atom. The van der Waals surface area contributed by atoms with Crippen LogP contribution in [0.4, 0.5) is 4.79 Å². The van der Waals surface area contributed by atoms with Crippen LogP contribution in [0, 0.1) is 0 Å². The lowest BCUT2D eigenvalue weighted by molar-refractivity contribution is 0.0501. The zero-order valence-corrected chi connectivity index (χ0v) is 24.7. The summed E-state index contributed by atoms with van der Waals surface area (Å²) in [6.45, 7) is 8.25. The number of hydrogen-bond acceptors (Lipinski definition) is 5. The molecule has 0 spiro atoms. The first-order valence-corrected chi connectivity index (χ1v) is 14.2. The Balaban J connectivity index is 1.43. The van der Waals surface area contributed by atoms with Crippen LogP contribution in [0.2, 0.25) is 10.0 Å². The second-order valence-electron chi connectivity index (χ2n) is 11.0. The third kappa shape index (κ3) is 7.26. The number of alkyl carbamates (subject to hydrolysis) is 1. The van der Waals surface area contributed by atoms with Gasteiger partial charge >= 0.3 is 6.09 Å². The topological polar surface area (TPSA) is 116 Å². The molecule has 1 aliphatic heterocycles. The molecular formula is C29H35Cl2N5O4. The third-order valence-corrected chi connectivity index (χ3v) is 7.20. The number of aromatic amines is 1. The Kier molecular flexibility index (Phi) is 9.26. The maximum absolute atomic E-state index is 13.4. The molecule has 0 aliphatic carbocycles. The number of benzene rings is 2. The molecule has 2 aromatic carbocycles. The molecule has 1 fully saturated rings. The van der Waals surface area contributed by atoms with Crippen LogP contribution in [0.25, 0.3) is 11.0 Å². The second kappa shape index (κ2) is 12.5. The Bertz CT molecular complexity index is 1400. The van der Waals surface area contributed by atoms with E-state index >= 15 is 0 Å². The van der Waals surface area contributed by atoms with Crippen molar-refractivity contribution < 1.29 is 19.1 Å². The molecule has 1 aliphatic rings. The van der Waals surface area contributed by atoms with Gasteiger partial charge in [0.2, 0.25) is 0 Å². The highest BCUT2D eigenvalue weighted by Gasteiger charge is 2.31. The van der Waals surface area contributed by atoms with Crippen LogP contribution < -0.4 is 10.6 Å². The van der Waals surface area contributed by atoms with Crippen LogP contribution >= 0.6 is 23.2 Å². The van der Waals surface area contributed by atoms with Gasteiger partial charge in [0.05, 0.1) is 27.7 Å². The van der Waals surface area contributed by atoms with Crippen molar-refractivity contribution >= 4 is 52.1 Å². The lowest BCUT2D eigenvalue weighted by atomic mass is 10.1. The van der Waals surface area contributed by atoms with Crippen LogP contribution in [-0.4, -0.2) is 57.5 Å². The van der Waals surface area contributed by atoms with Crippen molar-refractivity contribution in [2.75, 3.05) is 13.1 Å². The number of halogens is 2. The van der Waals surface area contributed by atoms with Gasteiger partial charge in [-0.05, 0) is 76.4 Å². The van der Waals surface area contributed by atoms with E-state index in [-0.39, 0.29) is 35.5 Å². The largest absolute Gasteiger partial charge is 0.444 e. The van der Waals surface area contributed by atoms with Crippen LogP contribution in [0.3, 0.4) is 0 Å². The van der Waals surface area contributed by atoms with Crippen molar-refractivity contribution in [1.29, 1.82) is 0 Å². The standard InChI is InChI=1S/C29H35Cl2N5O4/c1-5-7-23(25-33-22-12-10-18(30)15-24(22)34-25)35-26(37)17-9-11-20(21(31)14-17)27(38)36-13-6-8-19(36)16-32-28(39)40-29(2,3)4/h9-12,14-15,19,23H,5-8,13,16H2,1-4H3,(H,32,39)(H,33,34)(H,35,37). The number of hydrogen-bond donors (Lipinski definition) is 3. The Labute approximate surface area is 243 Å². The molecule has 0 saturated carbocycles. The number of imidazole rings is 1. The van der Waals surface area contributed by atoms with E-state index in [1.54, 1.807) is 49.9 Å². The van der Waals surface area contributed by atoms with Crippen LogP contribution in [0.1, 0.15) is 86.0 Å². The van der Waals surface area contributed by atoms with E-state index in [0.29, 0.717) is 34.9 Å². The summed E-state index contributed by atoms with van der Waals surface area (Å²) in [5, 5.41) is 6.58. The number of carbonyl (C=O) groups is 3. The van der Waals surface area contributed by atoms with Gasteiger partial charge in [-0.2, -0.15) is 0 Å². The van der Waals surface area contributed by atoms with Gasteiger partial charge in [0.1, 0.15) is 11.4 Å². The van der Waals surface area contributed by atoms with Gasteiger partial charge in [0.15, 0.2) is 0 Å². The second-order valence-corrected chi connectivity index (χ2v) is 11.8. The van der Waals surface area contributed by atoms with Crippen molar-refractivity contribution in [3.05, 3.63) is 63.4 Å². The van der Waals surface area contributed by atoms with E-state index < -0.39 is 11.7 Å². The molecule has 0 bridgehead atoms. The van der Waals surface area contributed by atoms with Gasteiger partial charge in [-0.1, -0.05) is 36.5 Å². The maximum Gasteiger partial charge on any atom is 0.407 e. The predicted molar refractivity (Wildman–Crippen MR) is 156 cm³/mol. The SMILES string of the molecule is CCCC(NC(=O)c1ccc(C(=O)N2CCCC2CNC(=O)OC(C)(C)C)c(Cl)c1)c1nc2ccc(Cl)cc2[nH]1. The minimum atomic E-state index is -0.603. The highest BCUT2D eigenvalue weighted by molar-refractivity contribution is 6.34. The summed E-state index contributed by atoms with van der Waals surface area (Å²) in [5.74, 6) is 0.0825. The zero-order chi connectivity index (χ0) is 29.0. The van der Waals surface area contributed by atoms with E-state index in [9.17, 15) is 14.4 Å². The fraction of sp³-hybridized carbons (Fsp3) is 0.448. The van der Waals surface area contributed by atoms with E-state index in [2.05, 4.69) is 20.6 Å². The molecule has 2 atom stereocenters. The molecule has 3 N–H and O–H groups in total. The van der Waals surface area contributed by atoms with Crippen LogP contribution in [0.15, 0.2) is 36.4 Å². The number of rotatable bonds is 8. The van der Waals surface area contributed by atoms with Gasteiger partial charge in [-0.25, -0.2) is 9.78 Å². The Morgan fingerprint density at radius 1 is 1.18 bits per heavy atom. The molecule has 1 saturated heterocycles. The number of nitrogens with one attached hydrogen (secondary N) is 3. The predicted octanol–water partition coefficient (Wildman–Crippen LogP) is 6.27. The van der Waals surface area contributed by atoms with Crippen molar-refractivity contribution in [3.63, 3.8) is 0 Å². The lowest BCUT2D eigenvalue weighted by Gasteiger charge is -2.26. The van der Waals surface area contributed by atoms with E-state index in [4.69, 9.17) is 27.9 Å². The van der Waals surface area contributed by atoms with Gasteiger partial charge < -0.3 is 25.3 Å². The quantitative estimate of drug-likeness (QED) is 0.287. The summed E-state index contributed by atoms with van der Waals surface area (Å²) in [6.07, 6.45) is 2.56. The minimum absolute atomic E-state index is 0.174. The number of ether oxygens (including phenoxy) is 1. The third-order valence-electron chi connectivity index (χ3n) is 6.66. The molecule has 3 amide bonds. The molecule has 11 heteroatoms. The van der Waals surface area contributed by atoms with Crippen molar-refractivity contribution in [2.24, 2.45) is 0 Å². The normalized spacial score (nSPS) is 16.1. The molecule has 3 aromatic rings. The number of aromatic nitrogens is 2. The van der Waals surface area contributed by atoms with Crippen molar-refractivity contribution in [1.82, 2.24) is 25.5 Å². The fourth-order valence-electron chi connectivity index (χ4n) is 4.79. The smallest absolute Gasteiger partial charge is 0.407 e. The number of nitrogens with zero attached hydrogens (tertiary/aromatic N) is 2. The van der Waals surface area contributed by atoms with E-state index in [1.807, 2.05) is 13.0 Å². The number of amides is 3. The minimum Gasteiger partial charge on any atom is -0.444 e. The molecular weight excluding hydrogens is 553 g/mol. The van der Waals surface area contributed by atoms with Gasteiger partial charge in [-0.15, -0.1) is 0 Å². The number of fused-ring (bicyclic) bond motifs is 1. The highest BCUT2D eigenvalue weighted by atomic mass is 35.5. The van der Waals surface area contributed by atoms with E-state index in [1.165, 1.54) is 6.07 Å². The number of H-pyrrole nitrogens is 1. The lowest BCUT2D eigenvalue weighted by Crippen LogP contribution is -2.44. The van der Waals surface area contributed by atoms with Crippen LogP contribution in [0.5, 0.6) is 0 Å². The Morgan fingerprint density at radius 3 is 2.65 bits per heavy atom. The van der Waals surface area contributed by atoms with Gasteiger partial charge in [-0.3, -0.25) is 9.59 Å². The van der Waals surface area contributed by atoms with Gasteiger partial charge in [0.25, 0.3) is 11.8 Å². The van der Waals surface area contributed by atoms with Gasteiger partial charge in [0, 0.05) is 29.7 Å². The molecule has 9 nitrogen and oxygen atoms in total. The van der Waals surface area contributed by atoms with Crippen LogP contribution in [-0.2, 0) is 4.74 Å². The monoisotopic (exact) mass is 587 g/mol. The number of likely N-dealkylation sites (tertiary alicyclic amines) is 1. The average Bonchev–Trinajstić information content (AvgIpc) is 3.52. The molecule has 2 unspecified atom stereocenters. The van der Waals surface area contributed by atoms with E-state index in [0.717, 1.165) is 30.3 Å². The average molecular weight is 589 g/mol. The molecule has 2 heterocycles. The first-order chi connectivity index (χ1) is 18.9. The number of carbonyl (C=O) groups excluding carboxylic acids is 3. The molecule has 4 rings (SSSR count). The first kappa shape index (κ1) is 29.7. The summed E-state index contributed by atoms with van der Waals surface area (Å²) in [6, 6.07) is 9.57. The van der Waals surface area contributed by atoms with Crippen molar-refractivity contribution in [3.8, 4) is 0 Å². The van der Waals surface area contributed by atoms with Crippen molar-refractivity contribution in [2.45, 2.75) is 71.1 Å². The molecule has 214 valence electrons. The summed E-state index contributed by atoms with van der Waals surface area (Å²) < 4.78 is 5.30. The fourth-order valence-corrected chi connectivity index (χ4v) is 5.22. The first-order valence-electron chi connectivity index (χ1n) is 13.5. The highest BCUT2D eigenvalue weighted by Crippen LogP contribution is 2.26. The summed E-state index contributed by atoms with van der Waals surface area (Å²) >= 11 is 12.6. The molecule has 40 heavy (non-hydrogen) atoms. The molecule has 1 aromatic heterocycles. The summed E-state index contributed by atoms with van der Waals surface area (Å²) in [7, 11) is 0. The Hall–Kier alpha value is -3.30. The maximum atomic E-state index is 13.4. The zero-order valence-electron chi connectivity index (χ0n) is 23.1. The summed E-state index contributed by atoms with van der Waals surface area (Å²) in [4.78, 5) is 48.2. The summed E-state index contributed by atoms with van der Waals surface area (Å²) in [5.41, 5.74) is 1.61. The molecule has 0 radical (unpaired) electrons.